The normalized spacial score (nSPS) is 19.3. The molecule has 2 aliphatic heterocycles. The van der Waals surface area contributed by atoms with Crippen molar-refractivity contribution in [2.45, 2.75) is 12.8 Å². The molecule has 0 aromatic heterocycles. The van der Waals surface area contributed by atoms with Crippen molar-refractivity contribution < 1.29 is 14.4 Å². The van der Waals surface area contributed by atoms with Crippen molar-refractivity contribution in [1.29, 1.82) is 0 Å². The van der Waals surface area contributed by atoms with Gasteiger partial charge in [0, 0.05) is 51.3 Å². The molecule has 3 amide bonds. The molecule has 2 saturated heterocycles. The second-order valence-corrected chi connectivity index (χ2v) is 7.96. The summed E-state index contributed by atoms with van der Waals surface area (Å²) in [5.74, 6) is -0.171. The Kier molecular flexibility index (Phi) is 6.12. The van der Waals surface area contributed by atoms with Crippen LogP contribution in [-0.2, 0) is 16.0 Å². The summed E-state index contributed by atoms with van der Waals surface area (Å²) in [6, 6.07) is 19.3. The SMILES string of the molecule is O=C1C[C@@H](C(=O)N2CCN(C(=O)c3ccccc3)CC2)CN1CCc1ccccc1. The second-order valence-electron chi connectivity index (χ2n) is 7.96. The van der Waals surface area contributed by atoms with Gasteiger partial charge in [0.25, 0.3) is 5.91 Å². The van der Waals surface area contributed by atoms with Crippen LogP contribution in [0.2, 0.25) is 0 Å². The Morgan fingerprint density at radius 3 is 2.10 bits per heavy atom. The monoisotopic (exact) mass is 405 g/mol. The Morgan fingerprint density at radius 2 is 1.43 bits per heavy atom. The third-order valence-electron chi connectivity index (χ3n) is 5.98. The number of carbonyl (C=O) groups excluding carboxylic acids is 3. The van der Waals surface area contributed by atoms with Crippen molar-refractivity contribution >= 4 is 17.7 Å². The zero-order valence-electron chi connectivity index (χ0n) is 17.1. The highest BCUT2D eigenvalue weighted by molar-refractivity contribution is 5.94. The summed E-state index contributed by atoms with van der Waals surface area (Å²) < 4.78 is 0. The molecule has 156 valence electrons. The van der Waals surface area contributed by atoms with E-state index >= 15 is 0 Å². The van der Waals surface area contributed by atoms with Crippen molar-refractivity contribution in [3.05, 3.63) is 71.8 Å². The van der Waals surface area contributed by atoms with Crippen LogP contribution >= 0.6 is 0 Å². The first-order valence-corrected chi connectivity index (χ1v) is 10.6. The highest BCUT2D eigenvalue weighted by Crippen LogP contribution is 2.22. The van der Waals surface area contributed by atoms with Gasteiger partial charge in [0.05, 0.1) is 5.92 Å². The molecule has 0 radical (unpaired) electrons. The lowest BCUT2D eigenvalue weighted by molar-refractivity contribution is -0.137. The summed E-state index contributed by atoms with van der Waals surface area (Å²) in [5.41, 5.74) is 1.87. The molecule has 2 aromatic rings. The summed E-state index contributed by atoms with van der Waals surface area (Å²) in [6.07, 6.45) is 1.09. The molecule has 0 saturated carbocycles. The van der Waals surface area contributed by atoms with E-state index in [1.165, 1.54) is 5.56 Å². The number of piperazine rings is 1. The van der Waals surface area contributed by atoms with Gasteiger partial charge < -0.3 is 14.7 Å². The number of carbonyl (C=O) groups is 3. The first-order valence-electron chi connectivity index (χ1n) is 10.6. The highest BCUT2D eigenvalue weighted by atomic mass is 16.2. The van der Waals surface area contributed by atoms with E-state index in [0.29, 0.717) is 44.8 Å². The first kappa shape index (κ1) is 20.1. The van der Waals surface area contributed by atoms with Gasteiger partial charge in [-0.2, -0.15) is 0 Å². The molecule has 2 aliphatic rings. The maximum atomic E-state index is 13.0. The van der Waals surface area contributed by atoms with Gasteiger partial charge in [0.1, 0.15) is 0 Å². The summed E-state index contributed by atoms with van der Waals surface area (Å²) >= 11 is 0. The van der Waals surface area contributed by atoms with E-state index in [2.05, 4.69) is 12.1 Å². The van der Waals surface area contributed by atoms with Crippen LogP contribution < -0.4 is 0 Å². The number of rotatable bonds is 5. The second kappa shape index (κ2) is 9.11. The molecule has 2 heterocycles. The number of nitrogens with zero attached hydrogens (tertiary/aromatic N) is 3. The number of benzene rings is 2. The van der Waals surface area contributed by atoms with Crippen LogP contribution in [0.1, 0.15) is 22.3 Å². The molecule has 1 atom stereocenters. The fourth-order valence-electron chi connectivity index (χ4n) is 4.21. The van der Waals surface area contributed by atoms with Crippen LogP contribution in [0.15, 0.2) is 60.7 Å². The number of amides is 3. The summed E-state index contributed by atoms with van der Waals surface area (Å²) in [6.45, 7) is 3.23. The maximum absolute atomic E-state index is 13.0. The van der Waals surface area contributed by atoms with Crippen molar-refractivity contribution in [2.24, 2.45) is 5.92 Å². The molecule has 2 fully saturated rings. The van der Waals surface area contributed by atoms with Crippen LogP contribution in [0.3, 0.4) is 0 Å². The zero-order chi connectivity index (χ0) is 20.9. The minimum atomic E-state index is -0.273. The van der Waals surface area contributed by atoms with E-state index < -0.39 is 0 Å². The summed E-state index contributed by atoms with van der Waals surface area (Å²) in [7, 11) is 0. The topological polar surface area (TPSA) is 60.9 Å². The van der Waals surface area contributed by atoms with Crippen LogP contribution in [-0.4, -0.2) is 71.7 Å². The third-order valence-corrected chi connectivity index (χ3v) is 5.98. The molecule has 0 bridgehead atoms. The average molecular weight is 405 g/mol. The van der Waals surface area contributed by atoms with E-state index in [1.54, 1.807) is 4.90 Å². The summed E-state index contributed by atoms with van der Waals surface area (Å²) in [4.78, 5) is 43.3. The maximum Gasteiger partial charge on any atom is 0.253 e. The molecule has 2 aromatic carbocycles. The predicted octanol–water partition coefficient (Wildman–Crippen LogP) is 2.06. The molecule has 0 N–H and O–H groups in total. The fraction of sp³-hybridized carbons (Fsp3) is 0.375. The number of hydrogen-bond donors (Lipinski definition) is 0. The Morgan fingerprint density at radius 1 is 0.833 bits per heavy atom. The fourth-order valence-corrected chi connectivity index (χ4v) is 4.21. The zero-order valence-corrected chi connectivity index (χ0v) is 17.1. The van der Waals surface area contributed by atoms with Gasteiger partial charge in [-0.25, -0.2) is 0 Å². The predicted molar refractivity (Wildman–Crippen MR) is 114 cm³/mol. The lowest BCUT2D eigenvalue weighted by atomic mass is 10.1. The van der Waals surface area contributed by atoms with Crippen LogP contribution in [0.25, 0.3) is 0 Å². The summed E-state index contributed by atoms with van der Waals surface area (Å²) in [5, 5.41) is 0. The van der Waals surface area contributed by atoms with Gasteiger partial charge in [-0.3, -0.25) is 14.4 Å². The van der Waals surface area contributed by atoms with Crippen LogP contribution in [0, 0.1) is 5.92 Å². The Labute approximate surface area is 177 Å². The number of hydrogen-bond acceptors (Lipinski definition) is 3. The Bertz CT molecular complexity index is 892. The molecule has 0 unspecified atom stereocenters. The van der Waals surface area contributed by atoms with Gasteiger partial charge in [-0.05, 0) is 24.1 Å². The largest absolute Gasteiger partial charge is 0.342 e. The van der Waals surface area contributed by atoms with E-state index in [-0.39, 0.29) is 30.1 Å². The van der Waals surface area contributed by atoms with Crippen molar-refractivity contribution in [3.8, 4) is 0 Å². The molecule has 0 spiro atoms. The molecule has 30 heavy (non-hydrogen) atoms. The number of likely N-dealkylation sites (tertiary alicyclic amines) is 1. The smallest absolute Gasteiger partial charge is 0.253 e. The lowest BCUT2D eigenvalue weighted by Crippen LogP contribution is -2.52. The van der Waals surface area contributed by atoms with Gasteiger partial charge in [0.2, 0.25) is 11.8 Å². The highest BCUT2D eigenvalue weighted by Gasteiger charge is 2.37. The van der Waals surface area contributed by atoms with E-state index in [1.807, 2.05) is 58.3 Å². The van der Waals surface area contributed by atoms with Crippen molar-refractivity contribution in [2.75, 3.05) is 39.3 Å². The molecular formula is C24H27N3O3. The Hall–Kier alpha value is -3.15. The van der Waals surface area contributed by atoms with Crippen molar-refractivity contribution in [3.63, 3.8) is 0 Å². The minimum Gasteiger partial charge on any atom is -0.342 e. The minimum absolute atomic E-state index is 0.00540. The third kappa shape index (κ3) is 4.53. The van der Waals surface area contributed by atoms with Crippen LogP contribution in [0.4, 0.5) is 0 Å². The molecule has 4 rings (SSSR count). The quantitative estimate of drug-likeness (QED) is 0.765. The Balaban J connectivity index is 1.27. The van der Waals surface area contributed by atoms with Crippen LogP contribution in [0.5, 0.6) is 0 Å². The average Bonchev–Trinajstić information content (AvgIpc) is 3.18. The van der Waals surface area contributed by atoms with Gasteiger partial charge in [-0.1, -0.05) is 48.5 Å². The van der Waals surface area contributed by atoms with E-state index in [9.17, 15) is 14.4 Å². The van der Waals surface area contributed by atoms with E-state index in [4.69, 9.17) is 0 Å². The standard InChI is InChI=1S/C24H27N3O3/c28-22-17-21(18-27(22)12-11-19-7-3-1-4-8-19)24(30)26-15-13-25(14-16-26)23(29)20-9-5-2-6-10-20/h1-10,21H,11-18H2/t21-/m1/s1. The van der Waals surface area contributed by atoms with Gasteiger partial charge in [0.15, 0.2) is 0 Å². The first-order chi connectivity index (χ1) is 14.6. The van der Waals surface area contributed by atoms with E-state index in [0.717, 1.165) is 6.42 Å². The van der Waals surface area contributed by atoms with Crippen molar-refractivity contribution in [1.82, 2.24) is 14.7 Å². The lowest BCUT2D eigenvalue weighted by Gasteiger charge is -2.36. The molecule has 6 nitrogen and oxygen atoms in total. The molecule has 0 aliphatic carbocycles. The van der Waals surface area contributed by atoms with Gasteiger partial charge in [-0.15, -0.1) is 0 Å². The molecule has 6 heteroatoms. The van der Waals surface area contributed by atoms with Gasteiger partial charge >= 0.3 is 0 Å². The molecular weight excluding hydrogens is 378 g/mol.